The van der Waals surface area contributed by atoms with Gasteiger partial charge in [-0.2, -0.15) is 5.10 Å². The molecule has 0 radical (unpaired) electrons. The minimum Gasteiger partial charge on any atom is -0.458 e. The molecule has 0 unspecified atom stereocenters. The first-order chi connectivity index (χ1) is 11.3. The van der Waals surface area contributed by atoms with Crippen molar-refractivity contribution >= 4 is 11.3 Å². The van der Waals surface area contributed by atoms with Crippen LogP contribution < -0.4 is 0 Å². The third-order valence-corrected chi connectivity index (χ3v) is 4.79. The normalized spacial score (nSPS) is 12.8. The molecule has 0 fully saturated rings. The maximum Gasteiger partial charge on any atom is 0.152 e. The molecule has 122 valence electrons. The molecule has 0 spiro atoms. The standard InChI is InChI=1S/C17H21N3O2S/c1-2-13(12-21)20(11-15-4-3-9-23-15)10-14-5-6-17(22-14)16-7-8-18-19-16/h3-9,13,21H,2,10-12H2,1H3,(H,18,19)/t13-/m0/s1. The molecule has 0 aliphatic rings. The molecule has 0 aliphatic carbocycles. The van der Waals surface area contributed by atoms with E-state index in [9.17, 15) is 5.11 Å². The van der Waals surface area contributed by atoms with Crippen LogP contribution in [0.3, 0.4) is 0 Å². The number of nitrogens with zero attached hydrogens (tertiary/aromatic N) is 2. The number of aliphatic hydroxyl groups is 1. The van der Waals surface area contributed by atoms with Crippen LogP contribution in [0.2, 0.25) is 0 Å². The molecule has 0 saturated carbocycles. The molecule has 5 nitrogen and oxygen atoms in total. The summed E-state index contributed by atoms with van der Waals surface area (Å²) in [5.74, 6) is 1.67. The summed E-state index contributed by atoms with van der Waals surface area (Å²) in [6.07, 6.45) is 2.61. The minimum absolute atomic E-state index is 0.123. The molecule has 3 heterocycles. The fraction of sp³-hybridized carbons (Fsp3) is 0.353. The molecule has 3 aromatic heterocycles. The van der Waals surface area contributed by atoms with E-state index in [0.717, 1.165) is 30.2 Å². The Morgan fingerprint density at radius 1 is 1.30 bits per heavy atom. The van der Waals surface area contributed by atoms with Gasteiger partial charge in [0.2, 0.25) is 0 Å². The maximum absolute atomic E-state index is 9.68. The molecule has 3 aromatic rings. The van der Waals surface area contributed by atoms with Crippen molar-refractivity contribution in [3.8, 4) is 11.5 Å². The highest BCUT2D eigenvalue weighted by molar-refractivity contribution is 7.09. The molecule has 0 saturated heterocycles. The smallest absolute Gasteiger partial charge is 0.152 e. The molecule has 2 N–H and O–H groups in total. The first kappa shape index (κ1) is 16.0. The van der Waals surface area contributed by atoms with Gasteiger partial charge in [-0.1, -0.05) is 13.0 Å². The molecule has 0 bridgehead atoms. The molecule has 3 rings (SSSR count). The average molecular weight is 331 g/mol. The van der Waals surface area contributed by atoms with E-state index in [1.54, 1.807) is 17.5 Å². The van der Waals surface area contributed by atoms with Crippen LogP contribution in [0.25, 0.3) is 11.5 Å². The van der Waals surface area contributed by atoms with Gasteiger partial charge in [-0.05, 0) is 36.1 Å². The Kier molecular flexibility index (Phi) is 5.27. The van der Waals surface area contributed by atoms with Crippen molar-refractivity contribution in [1.82, 2.24) is 15.1 Å². The second-order valence-electron chi connectivity index (χ2n) is 5.47. The van der Waals surface area contributed by atoms with Gasteiger partial charge in [-0.3, -0.25) is 10.00 Å². The molecule has 1 atom stereocenters. The minimum atomic E-state index is 0.123. The molecule has 6 heteroatoms. The van der Waals surface area contributed by atoms with Gasteiger partial charge in [0.15, 0.2) is 5.76 Å². The van der Waals surface area contributed by atoms with Crippen LogP contribution in [0.15, 0.2) is 46.3 Å². The highest BCUT2D eigenvalue weighted by Gasteiger charge is 2.19. The van der Waals surface area contributed by atoms with E-state index < -0.39 is 0 Å². The number of hydrogen-bond donors (Lipinski definition) is 2. The van der Waals surface area contributed by atoms with Gasteiger partial charge >= 0.3 is 0 Å². The fourth-order valence-corrected chi connectivity index (χ4v) is 3.35. The molecule has 0 aliphatic heterocycles. The average Bonchev–Trinajstić information content (AvgIpc) is 3.31. The fourth-order valence-electron chi connectivity index (χ4n) is 2.62. The first-order valence-electron chi connectivity index (χ1n) is 7.76. The van der Waals surface area contributed by atoms with Gasteiger partial charge in [-0.15, -0.1) is 11.3 Å². The van der Waals surface area contributed by atoms with Crippen LogP contribution in [0.1, 0.15) is 24.0 Å². The lowest BCUT2D eigenvalue weighted by Gasteiger charge is -2.28. The van der Waals surface area contributed by atoms with Gasteiger partial charge in [0.1, 0.15) is 11.5 Å². The number of hydrogen-bond acceptors (Lipinski definition) is 5. The van der Waals surface area contributed by atoms with Crippen molar-refractivity contribution in [2.75, 3.05) is 6.61 Å². The monoisotopic (exact) mass is 331 g/mol. The van der Waals surface area contributed by atoms with Gasteiger partial charge in [0, 0.05) is 23.7 Å². The predicted molar refractivity (Wildman–Crippen MR) is 91.0 cm³/mol. The zero-order valence-electron chi connectivity index (χ0n) is 13.1. The molecular formula is C17H21N3O2S. The number of aromatic amines is 1. The predicted octanol–water partition coefficient (Wildman–Crippen LogP) is 3.50. The largest absolute Gasteiger partial charge is 0.458 e. The van der Waals surface area contributed by atoms with Crippen LogP contribution in [-0.4, -0.2) is 32.9 Å². The van der Waals surface area contributed by atoms with E-state index in [1.165, 1.54) is 4.88 Å². The van der Waals surface area contributed by atoms with Crippen LogP contribution in [0.5, 0.6) is 0 Å². The Morgan fingerprint density at radius 2 is 2.22 bits per heavy atom. The number of aliphatic hydroxyl groups excluding tert-OH is 1. The van der Waals surface area contributed by atoms with E-state index in [-0.39, 0.29) is 12.6 Å². The summed E-state index contributed by atoms with van der Waals surface area (Å²) in [6.45, 7) is 3.73. The van der Waals surface area contributed by atoms with Gasteiger partial charge in [0.25, 0.3) is 0 Å². The number of aromatic nitrogens is 2. The Hall–Kier alpha value is -1.89. The molecule has 0 amide bonds. The second kappa shape index (κ2) is 7.59. The van der Waals surface area contributed by atoms with Crippen LogP contribution in [0, 0.1) is 0 Å². The van der Waals surface area contributed by atoms with Crippen molar-refractivity contribution in [3.63, 3.8) is 0 Å². The van der Waals surface area contributed by atoms with Crippen molar-refractivity contribution in [2.24, 2.45) is 0 Å². The zero-order chi connectivity index (χ0) is 16.1. The second-order valence-corrected chi connectivity index (χ2v) is 6.50. The topological polar surface area (TPSA) is 65.3 Å². The lowest BCUT2D eigenvalue weighted by Crippen LogP contribution is -2.36. The Labute approximate surface area is 139 Å². The van der Waals surface area contributed by atoms with E-state index in [1.807, 2.05) is 18.2 Å². The summed E-state index contributed by atoms with van der Waals surface area (Å²) in [4.78, 5) is 3.55. The number of rotatable bonds is 8. The molecule has 23 heavy (non-hydrogen) atoms. The van der Waals surface area contributed by atoms with E-state index in [2.05, 4.69) is 39.5 Å². The summed E-state index contributed by atoms with van der Waals surface area (Å²) in [6, 6.07) is 10.1. The summed E-state index contributed by atoms with van der Waals surface area (Å²) in [5, 5.41) is 18.6. The third-order valence-electron chi connectivity index (χ3n) is 3.92. The summed E-state index contributed by atoms with van der Waals surface area (Å²) >= 11 is 1.74. The summed E-state index contributed by atoms with van der Waals surface area (Å²) in [5.41, 5.74) is 0.871. The number of furan rings is 1. The zero-order valence-corrected chi connectivity index (χ0v) is 13.9. The lowest BCUT2D eigenvalue weighted by atomic mass is 10.2. The highest BCUT2D eigenvalue weighted by Crippen LogP contribution is 2.23. The highest BCUT2D eigenvalue weighted by atomic mass is 32.1. The van der Waals surface area contributed by atoms with E-state index in [4.69, 9.17) is 4.42 Å². The first-order valence-corrected chi connectivity index (χ1v) is 8.64. The van der Waals surface area contributed by atoms with Crippen LogP contribution >= 0.6 is 11.3 Å². The lowest BCUT2D eigenvalue weighted by molar-refractivity contribution is 0.101. The third kappa shape index (κ3) is 3.90. The molecular weight excluding hydrogens is 310 g/mol. The number of nitrogens with one attached hydrogen (secondary N) is 1. The summed E-state index contributed by atoms with van der Waals surface area (Å²) in [7, 11) is 0. The van der Waals surface area contributed by atoms with Gasteiger partial charge < -0.3 is 9.52 Å². The summed E-state index contributed by atoms with van der Waals surface area (Å²) < 4.78 is 5.93. The number of thiophene rings is 1. The van der Waals surface area contributed by atoms with Crippen molar-refractivity contribution in [2.45, 2.75) is 32.5 Å². The van der Waals surface area contributed by atoms with Gasteiger partial charge in [-0.25, -0.2) is 0 Å². The van der Waals surface area contributed by atoms with Crippen molar-refractivity contribution in [1.29, 1.82) is 0 Å². The Bertz CT molecular complexity index is 687. The quantitative estimate of drug-likeness (QED) is 0.663. The van der Waals surface area contributed by atoms with Gasteiger partial charge in [0.05, 0.1) is 13.2 Å². The Balaban J connectivity index is 1.75. The van der Waals surface area contributed by atoms with Crippen LogP contribution in [-0.2, 0) is 13.1 Å². The van der Waals surface area contributed by atoms with Crippen molar-refractivity contribution in [3.05, 3.63) is 52.5 Å². The van der Waals surface area contributed by atoms with E-state index in [0.29, 0.717) is 6.54 Å². The van der Waals surface area contributed by atoms with Crippen LogP contribution in [0.4, 0.5) is 0 Å². The Morgan fingerprint density at radius 3 is 2.87 bits per heavy atom. The SMILES string of the molecule is CC[C@@H](CO)N(Cc1ccc(-c2ccn[nH]2)o1)Cc1cccs1. The van der Waals surface area contributed by atoms with Crippen molar-refractivity contribution < 1.29 is 9.52 Å². The van der Waals surface area contributed by atoms with E-state index >= 15 is 0 Å². The number of H-pyrrole nitrogens is 1. The molecule has 0 aromatic carbocycles. The maximum atomic E-state index is 9.68.